The average molecular weight is 401 g/mol. The van der Waals surface area contributed by atoms with Crippen molar-refractivity contribution in [1.82, 2.24) is 14.7 Å². The third-order valence-electron chi connectivity index (χ3n) is 3.70. The van der Waals surface area contributed by atoms with Crippen LogP contribution in [0.25, 0.3) is 5.69 Å². The summed E-state index contributed by atoms with van der Waals surface area (Å²) in [5.74, 6) is -1.28. The van der Waals surface area contributed by atoms with Gasteiger partial charge in [0.1, 0.15) is 11.4 Å². The second-order valence-electron chi connectivity index (χ2n) is 5.48. The quantitative estimate of drug-likeness (QED) is 0.751. The summed E-state index contributed by atoms with van der Waals surface area (Å²) in [6.07, 6.45) is -2.50. The number of carbonyl (C=O) groups excluding carboxylic acids is 2. The molecule has 3 rings (SSSR count). The van der Waals surface area contributed by atoms with Crippen LogP contribution in [0.3, 0.4) is 0 Å². The molecular formula is C16H12ClF3N4O3. The van der Waals surface area contributed by atoms with E-state index in [1.165, 1.54) is 18.2 Å². The van der Waals surface area contributed by atoms with Crippen molar-refractivity contribution in [3.63, 3.8) is 0 Å². The minimum atomic E-state index is -4.62. The molecule has 2 aromatic rings. The number of anilines is 1. The first-order valence-corrected chi connectivity index (χ1v) is 7.97. The lowest BCUT2D eigenvalue weighted by molar-refractivity contribution is -0.141. The van der Waals surface area contributed by atoms with E-state index in [-0.39, 0.29) is 28.6 Å². The van der Waals surface area contributed by atoms with Gasteiger partial charge in [0.05, 0.1) is 23.9 Å². The second kappa shape index (κ2) is 7.05. The van der Waals surface area contributed by atoms with Gasteiger partial charge in [-0.25, -0.2) is 4.68 Å². The largest absolute Gasteiger partial charge is 0.435 e. The lowest BCUT2D eigenvalue weighted by Crippen LogP contribution is -2.34. The van der Waals surface area contributed by atoms with Gasteiger partial charge in [0.25, 0.3) is 11.8 Å². The van der Waals surface area contributed by atoms with Crippen molar-refractivity contribution in [2.45, 2.75) is 6.18 Å². The van der Waals surface area contributed by atoms with Crippen molar-refractivity contribution in [2.75, 3.05) is 18.5 Å². The monoisotopic (exact) mass is 400 g/mol. The molecule has 7 nitrogen and oxygen atoms in total. The number of amides is 2. The Balaban J connectivity index is 1.96. The van der Waals surface area contributed by atoms with E-state index in [0.29, 0.717) is 0 Å². The Kier molecular flexibility index (Phi) is 4.94. The maximum absolute atomic E-state index is 12.8. The summed E-state index contributed by atoms with van der Waals surface area (Å²) in [4.78, 5) is 24.9. The number of imide groups is 1. The molecule has 0 saturated heterocycles. The molecule has 27 heavy (non-hydrogen) atoms. The van der Waals surface area contributed by atoms with E-state index in [9.17, 15) is 22.8 Å². The van der Waals surface area contributed by atoms with Gasteiger partial charge >= 0.3 is 6.18 Å². The summed E-state index contributed by atoms with van der Waals surface area (Å²) in [7, 11) is 0. The van der Waals surface area contributed by atoms with Gasteiger partial charge in [-0.3, -0.25) is 14.5 Å². The van der Waals surface area contributed by atoms with Gasteiger partial charge in [-0.05, 0) is 18.2 Å². The highest BCUT2D eigenvalue weighted by molar-refractivity contribution is 6.33. The van der Waals surface area contributed by atoms with Crippen molar-refractivity contribution < 1.29 is 27.9 Å². The topological polar surface area (TPSA) is 87.5 Å². The van der Waals surface area contributed by atoms with E-state index in [0.717, 1.165) is 27.9 Å². The van der Waals surface area contributed by atoms with Crippen molar-refractivity contribution in [2.24, 2.45) is 0 Å². The predicted molar refractivity (Wildman–Crippen MR) is 89.1 cm³/mol. The van der Waals surface area contributed by atoms with E-state index < -0.39 is 30.3 Å². The van der Waals surface area contributed by atoms with Gasteiger partial charge < -0.3 is 10.4 Å². The molecule has 1 aliphatic heterocycles. The highest BCUT2D eigenvalue weighted by Crippen LogP contribution is 2.33. The van der Waals surface area contributed by atoms with Crippen LogP contribution in [0.5, 0.6) is 0 Å². The maximum atomic E-state index is 12.8. The molecule has 0 unspecified atom stereocenters. The smallest absolute Gasteiger partial charge is 0.395 e. The summed E-state index contributed by atoms with van der Waals surface area (Å²) < 4.78 is 39.4. The molecule has 0 fully saturated rings. The summed E-state index contributed by atoms with van der Waals surface area (Å²) in [6, 6.07) is 5.24. The van der Waals surface area contributed by atoms with E-state index in [2.05, 4.69) is 10.4 Å². The van der Waals surface area contributed by atoms with Crippen LogP contribution < -0.4 is 5.32 Å². The first kappa shape index (κ1) is 18.9. The summed E-state index contributed by atoms with van der Waals surface area (Å²) in [5, 5.41) is 15.2. The van der Waals surface area contributed by atoms with Crippen LogP contribution in [0, 0.1) is 0 Å². The number of alkyl halides is 3. The Hall–Kier alpha value is -2.85. The molecule has 2 amide bonds. The number of aliphatic hydroxyl groups is 1. The van der Waals surface area contributed by atoms with Crippen molar-refractivity contribution >= 4 is 29.1 Å². The highest BCUT2D eigenvalue weighted by Gasteiger charge is 2.34. The van der Waals surface area contributed by atoms with Crippen molar-refractivity contribution in [3.8, 4) is 5.69 Å². The molecule has 0 bridgehead atoms. The number of benzene rings is 1. The third-order valence-corrected chi connectivity index (χ3v) is 4.00. The van der Waals surface area contributed by atoms with Gasteiger partial charge in [0, 0.05) is 12.3 Å². The molecule has 0 spiro atoms. The van der Waals surface area contributed by atoms with Crippen LogP contribution in [0.15, 0.2) is 42.2 Å². The fourth-order valence-corrected chi connectivity index (χ4v) is 2.76. The summed E-state index contributed by atoms with van der Waals surface area (Å²) in [5.41, 5.74) is -0.942. The summed E-state index contributed by atoms with van der Waals surface area (Å²) in [6.45, 7) is -0.565. The number of halogens is 4. The van der Waals surface area contributed by atoms with Crippen LogP contribution in [-0.2, 0) is 15.8 Å². The molecule has 0 atom stereocenters. The number of nitrogens with zero attached hydrogens (tertiary/aromatic N) is 3. The molecule has 2 heterocycles. The zero-order valence-corrected chi connectivity index (χ0v) is 14.3. The van der Waals surface area contributed by atoms with Gasteiger partial charge in [0.2, 0.25) is 0 Å². The van der Waals surface area contributed by atoms with Crippen molar-refractivity contribution in [1.29, 1.82) is 0 Å². The van der Waals surface area contributed by atoms with Gasteiger partial charge in [-0.1, -0.05) is 17.7 Å². The first-order chi connectivity index (χ1) is 12.7. The molecule has 1 aliphatic rings. The average Bonchev–Trinajstić information content (AvgIpc) is 3.16. The predicted octanol–water partition coefficient (Wildman–Crippen LogP) is 2.20. The summed E-state index contributed by atoms with van der Waals surface area (Å²) >= 11 is 6.12. The molecule has 11 heteroatoms. The number of rotatable bonds is 5. The number of carbonyl (C=O) groups is 2. The number of hydrogen-bond acceptors (Lipinski definition) is 5. The molecule has 0 radical (unpaired) electrons. The van der Waals surface area contributed by atoms with Crippen molar-refractivity contribution in [3.05, 3.63) is 53.0 Å². The number of aromatic nitrogens is 2. The van der Waals surface area contributed by atoms with E-state index >= 15 is 0 Å². The normalized spacial score (nSPS) is 14.7. The van der Waals surface area contributed by atoms with Gasteiger partial charge in [0.15, 0.2) is 5.69 Å². The molecule has 1 aromatic heterocycles. The van der Waals surface area contributed by atoms with Crippen LogP contribution in [-0.4, -0.2) is 44.8 Å². The standard InChI is InChI=1S/C16H12ClF3N4O3/c17-9-2-1-3-10(14(9)24-5-4-12(22-24)16(18,19)20)21-11-8-13(26)23(6-7-25)15(11)27/h1-5,8,21,25H,6-7H2. The fraction of sp³-hybridized carbons (Fsp3) is 0.188. The Bertz CT molecular complexity index is 939. The maximum Gasteiger partial charge on any atom is 0.435 e. The Labute approximate surface area is 155 Å². The molecule has 2 N–H and O–H groups in total. The molecule has 0 saturated carbocycles. The second-order valence-corrected chi connectivity index (χ2v) is 5.89. The number of hydrogen-bond donors (Lipinski definition) is 2. The lowest BCUT2D eigenvalue weighted by atomic mass is 10.2. The minimum absolute atomic E-state index is 0.0800. The Morgan fingerprint density at radius 3 is 2.59 bits per heavy atom. The minimum Gasteiger partial charge on any atom is -0.395 e. The van der Waals surface area contributed by atoms with E-state index in [1.807, 2.05) is 0 Å². The first-order valence-electron chi connectivity index (χ1n) is 7.59. The van der Waals surface area contributed by atoms with Gasteiger partial charge in [-0.15, -0.1) is 0 Å². The van der Waals surface area contributed by atoms with Gasteiger partial charge in [-0.2, -0.15) is 18.3 Å². The molecule has 0 aliphatic carbocycles. The number of β-amino-alcohol motifs (C(OH)–C–C–N with tert-alkyl or cyclic N) is 1. The molecular weight excluding hydrogens is 389 g/mol. The third kappa shape index (κ3) is 3.67. The Morgan fingerprint density at radius 1 is 1.22 bits per heavy atom. The van der Waals surface area contributed by atoms with Crippen LogP contribution >= 0.6 is 11.6 Å². The zero-order chi connectivity index (χ0) is 19.8. The Morgan fingerprint density at radius 2 is 1.96 bits per heavy atom. The molecule has 142 valence electrons. The number of aliphatic hydroxyl groups excluding tert-OH is 1. The number of nitrogens with one attached hydrogen (secondary N) is 1. The van der Waals surface area contributed by atoms with E-state index in [4.69, 9.17) is 16.7 Å². The zero-order valence-electron chi connectivity index (χ0n) is 13.5. The molecule has 1 aromatic carbocycles. The SMILES string of the molecule is O=C1C=C(Nc2cccc(Cl)c2-n2ccc(C(F)(F)F)n2)C(=O)N1CCO. The number of para-hydroxylation sites is 1. The van der Waals surface area contributed by atoms with Crippen LogP contribution in [0.1, 0.15) is 5.69 Å². The van der Waals surface area contributed by atoms with Crippen LogP contribution in [0.2, 0.25) is 5.02 Å². The lowest BCUT2D eigenvalue weighted by Gasteiger charge is -2.16. The highest BCUT2D eigenvalue weighted by atomic mass is 35.5. The van der Waals surface area contributed by atoms with E-state index in [1.54, 1.807) is 0 Å². The fourth-order valence-electron chi connectivity index (χ4n) is 2.50. The van der Waals surface area contributed by atoms with Crippen LogP contribution in [0.4, 0.5) is 18.9 Å².